The second kappa shape index (κ2) is 29.7. The maximum Gasteiger partial charge on any atom is -0.0253 e. The van der Waals surface area contributed by atoms with Crippen molar-refractivity contribution in [1.29, 1.82) is 0 Å². The van der Waals surface area contributed by atoms with E-state index in [9.17, 15) is 0 Å². The van der Waals surface area contributed by atoms with Crippen LogP contribution < -0.4 is 45.6 Å². The molecule has 8 aromatic rings. The molecule has 0 saturated carbocycles. The first-order valence-electron chi connectivity index (χ1n) is 23.3. The molecule has 0 radical (unpaired) electrons. The summed E-state index contributed by atoms with van der Waals surface area (Å²) in [6.45, 7) is 8.58. The molecule has 0 aliphatic heterocycles. The SMILES string of the molecule is Cc1ccc([Si](=[Zr+2])c2ccc(C)cc2)cc1.Cc1ccc([Si](=[Zr+2])c2ccc(C)cc2)cc1.[C-]1=CC=CC1.[C-]1=CC=CC1.[Cl-].[Cl-].[c-]1cccc2c1Cc1ccccc1-2.[c-]1cccc2c1Cc1ccccc1-2. The van der Waals surface area contributed by atoms with Crippen LogP contribution in [0.4, 0.5) is 0 Å². The topological polar surface area (TPSA) is 0 Å². The summed E-state index contributed by atoms with van der Waals surface area (Å²) in [6.07, 6.45) is 22.1. The molecular weight excluding hydrogens is 1080 g/mol. The van der Waals surface area contributed by atoms with Crippen LogP contribution in [0.3, 0.4) is 0 Å². The number of aryl methyl sites for hydroxylation is 4. The molecule has 0 saturated heterocycles. The maximum absolute atomic E-state index is 3.30. The van der Waals surface area contributed by atoms with Gasteiger partial charge in [-0.25, -0.2) is 24.3 Å². The average Bonchev–Trinajstić information content (AvgIpc) is 4.25. The van der Waals surface area contributed by atoms with Crippen LogP contribution in [0, 0.1) is 52.0 Å². The molecule has 0 amide bonds. The third-order valence-electron chi connectivity index (χ3n) is 11.8. The quantitative estimate of drug-likeness (QED) is 0.137. The number of hydrogen-bond donors (Lipinski definition) is 0. The minimum Gasteiger partial charge on any atom is -1.00 e. The minimum absolute atomic E-state index is 0. The molecule has 4 aliphatic carbocycles. The molecule has 0 nitrogen and oxygen atoms in total. The molecule has 0 unspecified atom stereocenters. The first-order valence-corrected chi connectivity index (χ1v) is 33.7. The van der Waals surface area contributed by atoms with E-state index in [1.165, 1.54) is 87.5 Å². The minimum atomic E-state index is -0.488. The number of fused-ring (bicyclic) bond motifs is 6. The molecule has 70 heavy (non-hydrogen) atoms. The fourth-order valence-electron chi connectivity index (χ4n) is 7.89. The van der Waals surface area contributed by atoms with Crippen LogP contribution in [0.2, 0.25) is 0 Å². The van der Waals surface area contributed by atoms with E-state index in [2.05, 4.69) is 234 Å². The van der Waals surface area contributed by atoms with Crippen LogP contribution in [-0.2, 0) is 59.5 Å². The van der Waals surface area contributed by atoms with Crippen LogP contribution in [-0.4, -0.2) is 10.9 Å². The van der Waals surface area contributed by atoms with E-state index in [4.69, 9.17) is 0 Å². The van der Waals surface area contributed by atoms with Gasteiger partial charge in [-0.2, -0.15) is 71.8 Å². The van der Waals surface area contributed by atoms with Gasteiger partial charge in [0.1, 0.15) is 0 Å². The Labute approximate surface area is 461 Å². The Bertz CT molecular complexity index is 2650. The Kier molecular flexibility index (Phi) is 24.0. The van der Waals surface area contributed by atoms with Gasteiger partial charge in [-0.05, 0) is 12.8 Å². The van der Waals surface area contributed by atoms with Gasteiger partial charge in [0.25, 0.3) is 0 Å². The number of benzene rings is 8. The third-order valence-corrected chi connectivity index (χ3v) is 23.9. The number of hydrogen-bond acceptors (Lipinski definition) is 0. The van der Waals surface area contributed by atoms with E-state index < -0.39 is 10.9 Å². The van der Waals surface area contributed by atoms with Gasteiger partial charge in [-0.3, -0.25) is 12.2 Å². The van der Waals surface area contributed by atoms with Crippen LogP contribution in [0.15, 0.2) is 218 Å². The van der Waals surface area contributed by atoms with Crippen molar-refractivity contribution in [3.63, 3.8) is 0 Å². The molecule has 0 aromatic heterocycles. The number of rotatable bonds is 4. The Morgan fingerprint density at radius 1 is 0.371 bits per heavy atom. The van der Waals surface area contributed by atoms with Crippen molar-refractivity contribution >= 4 is 31.6 Å². The first-order chi connectivity index (χ1) is 33.2. The van der Waals surface area contributed by atoms with Crippen molar-refractivity contribution in [2.75, 3.05) is 0 Å². The van der Waals surface area contributed by atoms with Crippen molar-refractivity contribution in [2.24, 2.45) is 0 Å². The monoisotopic (exact) mass is 1130 g/mol. The molecule has 344 valence electrons. The molecule has 0 bridgehead atoms. The van der Waals surface area contributed by atoms with Gasteiger partial charge in [0.15, 0.2) is 0 Å². The predicted octanol–water partition coefficient (Wildman–Crippen LogP) is 6.65. The van der Waals surface area contributed by atoms with Crippen molar-refractivity contribution in [2.45, 2.75) is 53.4 Å². The fourth-order valence-corrected chi connectivity index (χ4v) is 15.5. The first kappa shape index (κ1) is 56.4. The molecule has 12 rings (SSSR count). The van der Waals surface area contributed by atoms with E-state index >= 15 is 0 Å². The van der Waals surface area contributed by atoms with E-state index in [0.717, 1.165) is 25.7 Å². The van der Waals surface area contributed by atoms with E-state index in [0.29, 0.717) is 0 Å². The van der Waals surface area contributed by atoms with Crippen LogP contribution >= 0.6 is 0 Å². The summed E-state index contributed by atoms with van der Waals surface area (Å²) in [7, 11) is 0. The third kappa shape index (κ3) is 16.8. The summed E-state index contributed by atoms with van der Waals surface area (Å²) in [5.41, 5.74) is 15.4. The van der Waals surface area contributed by atoms with E-state index in [-0.39, 0.29) is 24.8 Å². The predicted molar refractivity (Wildman–Crippen MR) is 285 cm³/mol. The second-order valence-corrected chi connectivity index (χ2v) is 28.2. The van der Waals surface area contributed by atoms with Crippen molar-refractivity contribution in [1.82, 2.24) is 0 Å². The van der Waals surface area contributed by atoms with Crippen LogP contribution in [0.25, 0.3) is 22.3 Å². The van der Waals surface area contributed by atoms with Gasteiger partial charge in [0.2, 0.25) is 0 Å². The summed E-state index contributed by atoms with van der Waals surface area (Å²) < 4.78 is 0. The molecular formula is C64H56Cl2Si2Zr2-2. The van der Waals surface area contributed by atoms with Crippen molar-refractivity contribution < 1.29 is 71.5 Å². The second-order valence-electron chi connectivity index (χ2n) is 17.0. The number of halogens is 2. The van der Waals surface area contributed by atoms with Crippen LogP contribution in [0.1, 0.15) is 57.3 Å². The van der Waals surface area contributed by atoms with Gasteiger partial charge in [0.05, 0.1) is 0 Å². The summed E-state index contributed by atoms with van der Waals surface area (Å²) in [4.78, 5) is 0. The molecule has 0 fully saturated rings. The summed E-state index contributed by atoms with van der Waals surface area (Å²) >= 11 is 3.30. The Balaban J connectivity index is 0.000000162. The average molecular weight is 1130 g/mol. The van der Waals surface area contributed by atoms with Gasteiger partial charge in [0, 0.05) is 0 Å². The number of allylic oxidation sites excluding steroid dienone is 8. The van der Waals surface area contributed by atoms with E-state index in [1.807, 2.05) is 36.4 Å². The molecule has 0 N–H and O–H groups in total. The smallest absolute Gasteiger partial charge is 0.0253 e. The maximum atomic E-state index is 3.30. The summed E-state index contributed by atoms with van der Waals surface area (Å²) in [6, 6.07) is 72.3. The molecule has 4 aliphatic rings. The zero-order valence-electron chi connectivity index (χ0n) is 40.4. The van der Waals surface area contributed by atoms with Gasteiger partial charge >= 0.3 is 225 Å². The molecule has 8 aromatic carbocycles. The van der Waals surface area contributed by atoms with Crippen LogP contribution in [0.5, 0.6) is 0 Å². The van der Waals surface area contributed by atoms with Gasteiger partial charge in [-0.1, -0.05) is 70.8 Å². The van der Waals surface area contributed by atoms with Crippen molar-refractivity contribution in [3.05, 3.63) is 287 Å². The summed E-state index contributed by atoms with van der Waals surface area (Å²) in [5, 5.41) is 6.10. The van der Waals surface area contributed by atoms with Gasteiger partial charge < -0.3 is 24.8 Å². The molecule has 0 heterocycles. The fraction of sp³-hybridized carbons (Fsp3) is 0.125. The largest absolute Gasteiger partial charge is 1.00 e. The standard InChI is InChI=1S/2C14H14Si.2C13H9.2C5H5.2ClH.2Zr/c2*1-11-3-7-13(8-4-11)15-14-9-5-12(2)6-10-14;2*1-3-7-12-10(5-1)9-11-6-2-4-8-13(11)12;2*1-2-4-5-3-1;;;;/h2*3-10H,1-2H3;2*1-5,7-8H,9H2;2*1-3H,4H2;2*1H;;/q;;4*-1;;;2*+2/p-2. The molecule has 0 atom stereocenters. The van der Waals surface area contributed by atoms with Gasteiger partial charge in [-0.15, -0.1) is 24.0 Å². The molecule has 0 spiro atoms. The Morgan fingerprint density at radius 3 is 0.943 bits per heavy atom. The zero-order valence-corrected chi connectivity index (χ0v) is 48.8. The Morgan fingerprint density at radius 2 is 0.671 bits per heavy atom. The van der Waals surface area contributed by atoms with E-state index in [1.54, 1.807) is 46.7 Å². The molecule has 6 heteroatoms. The summed E-state index contributed by atoms with van der Waals surface area (Å²) in [5.74, 6) is 0. The normalized spacial score (nSPS) is 11.8. The Hall–Kier alpha value is -4.50. The zero-order chi connectivity index (χ0) is 47.5. The van der Waals surface area contributed by atoms with Crippen molar-refractivity contribution in [3.8, 4) is 22.3 Å².